The second kappa shape index (κ2) is 6.00. The van der Waals surface area contributed by atoms with Gasteiger partial charge >= 0.3 is 6.03 Å². The molecule has 0 aliphatic carbocycles. The third-order valence-corrected chi connectivity index (χ3v) is 3.13. The van der Waals surface area contributed by atoms with Crippen LogP contribution < -0.4 is 5.32 Å². The molecule has 0 spiro atoms. The molecular weight excluding hydrogens is 218 g/mol. The molecule has 0 unspecified atom stereocenters. The summed E-state index contributed by atoms with van der Waals surface area (Å²) in [4.78, 5) is 27.5. The largest absolute Gasteiger partial charge is 0.328 e. The number of hydrogen-bond donors (Lipinski definition) is 1. The average molecular weight is 241 g/mol. The molecular formula is C12H23N3O2. The average Bonchev–Trinajstić information content (AvgIpc) is 2.28. The lowest BCUT2D eigenvalue weighted by Gasteiger charge is -2.33. The van der Waals surface area contributed by atoms with Crippen LogP contribution in [-0.2, 0) is 4.79 Å². The molecule has 1 heterocycles. The maximum absolute atomic E-state index is 11.9. The van der Waals surface area contributed by atoms with Crippen LogP contribution in [0.1, 0.15) is 20.8 Å². The summed E-state index contributed by atoms with van der Waals surface area (Å²) in [5.74, 6) is 0.0327. The molecule has 1 atom stereocenters. The quantitative estimate of drug-likeness (QED) is 0.785. The summed E-state index contributed by atoms with van der Waals surface area (Å²) in [6.45, 7) is 8.67. The van der Waals surface area contributed by atoms with Gasteiger partial charge in [0, 0.05) is 32.1 Å². The van der Waals surface area contributed by atoms with Crippen LogP contribution in [0.5, 0.6) is 0 Å². The van der Waals surface area contributed by atoms with Crippen molar-refractivity contribution < 1.29 is 9.59 Å². The van der Waals surface area contributed by atoms with Gasteiger partial charge in [-0.25, -0.2) is 4.79 Å². The minimum Gasteiger partial charge on any atom is -0.328 e. The van der Waals surface area contributed by atoms with Crippen molar-refractivity contribution >= 4 is 11.8 Å². The van der Waals surface area contributed by atoms with E-state index in [9.17, 15) is 9.59 Å². The van der Waals surface area contributed by atoms with Crippen LogP contribution in [0.2, 0.25) is 0 Å². The minimum atomic E-state index is -0.401. The van der Waals surface area contributed by atoms with Crippen molar-refractivity contribution in [2.45, 2.75) is 26.8 Å². The van der Waals surface area contributed by atoms with Crippen molar-refractivity contribution in [2.24, 2.45) is 5.92 Å². The van der Waals surface area contributed by atoms with Crippen molar-refractivity contribution in [1.82, 2.24) is 15.1 Å². The fourth-order valence-corrected chi connectivity index (χ4v) is 1.86. The summed E-state index contributed by atoms with van der Waals surface area (Å²) in [7, 11) is 2.04. The molecule has 1 saturated heterocycles. The van der Waals surface area contributed by atoms with Crippen LogP contribution in [-0.4, -0.2) is 60.9 Å². The van der Waals surface area contributed by atoms with Gasteiger partial charge in [-0.1, -0.05) is 13.8 Å². The van der Waals surface area contributed by atoms with Gasteiger partial charge in [-0.2, -0.15) is 0 Å². The van der Waals surface area contributed by atoms with E-state index in [0.717, 1.165) is 26.2 Å². The van der Waals surface area contributed by atoms with Crippen LogP contribution in [0.4, 0.5) is 4.79 Å². The molecule has 1 fully saturated rings. The standard InChI is InChI=1S/C12H23N3O2/c1-9(2)11(16)10(3)13-12(17)15-7-5-14(4)6-8-15/h9-10H,5-8H2,1-4H3,(H,13,17)/t10-/m0/s1. The molecule has 0 saturated carbocycles. The Morgan fingerprint density at radius 1 is 1.06 bits per heavy atom. The Morgan fingerprint density at radius 3 is 2.06 bits per heavy atom. The SMILES string of the molecule is CC(C)C(=O)[C@H](C)NC(=O)N1CCN(C)CC1. The molecule has 98 valence electrons. The van der Waals surface area contributed by atoms with Crippen LogP contribution >= 0.6 is 0 Å². The molecule has 0 aromatic heterocycles. The van der Waals surface area contributed by atoms with E-state index < -0.39 is 6.04 Å². The first-order valence-electron chi connectivity index (χ1n) is 6.19. The first-order valence-corrected chi connectivity index (χ1v) is 6.19. The van der Waals surface area contributed by atoms with Crippen molar-refractivity contribution in [3.63, 3.8) is 0 Å². The highest BCUT2D eigenvalue weighted by molar-refractivity contribution is 5.89. The van der Waals surface area contributed by atoms with Crippen molar-refractivity contribution in [3.8, 4) is 0 Å². The number of likely N-dealkylation sites (N-methyl/N-ethyl adjacent to an activating group) is 1. The van der Waals surface area contributed by atoms with E-state index in [1.807, 2.05) is 20.9 Å². The smallest absolute Gasteiger partial charge is 0.318 e. The lowest BCUT2D eigenvalue weighted by molar-refractivity contribution is -0.123. The number of rotatable bonds is 3. The zero-order valence-electron chi connectivity index (χ0n) is 11.2. The molecule has 17 heavy (non-hydrogen) atoms. The molecule has 2 amide bonds. The lowest BCUT2D eigenvalue weighted by Crippen LogP contribution is -2.53. The molecule has 0 aromatic rings. The van der Waals surface area contributed by atoms with Gasteiger partial charge in [-0.15, -0.1) is 0 Å². The van der Waals surface area contributed by atoms with Gasteiger partial charge in [0.05, 0.1) is 6.04 Å². The van der Waals surface area contributed by atoms with Crippen molar-refractivity contribution in [1.29, 1.82) is 0 Å². The van der Waals surface area contributed by atoms with Gasteiger partial charge in [0.2, 0.25) is 0 Å². The Morgan fingerprint density at radius 2 is 1.59 bits per heavy atom. The Labute approximate surface area is 103 Å². The highest BCUT2D eigenvalue weighted by Gasteiger charge is 2.23. The Bertz CT molecular complexity index is 283. The van der Waals surface area contributed by atoms with Crippen LogP contribution in [0.3, 0.4) is 0 Å². The van der Waals surface area contributed by atoms with Gasteiger partial charge < -0.3 is 15.1 Å². The number of nitrogens with one attached hydrogen (secondary N) is 1. The van der Waals surface area contributed by atoms with E-state index in [-0.39, 0.29) is 17.7 Å². The summed E-state index contributed by atoms with van der Waals surface area (Å²) in [6.07, 6.45) is 0. The fraction of sp³-hybridized carbons (Fsp3) is 0.833. The highest BCUT2D eigenvalue weighted by Crippen LogP contribution is 2.03. The molecule has 1 aliphatic rings. The molecule has 5 heteroatoms. The Kier molecular flexibility index (Phi) is 4.93. The van der Waals surface area contributed by atoms with E-state index in [1.54, 1.807) is 11.8 Å². The lowest BCUT2D eigenvalue weighted by atomic mass is 10.0. The molecule has 0 radical (unpaired) electrons. The predicted octanol–water partition coefficient (Wildman–Crippen LogP) is 0.557. The summed E-state index contributed by atoms with van der Waals surface area (Å²) >= 11 is 0. The normalized spacial score (nSPS) is 19.2. The van der Waals surface area contributed by atoms with Gasteiger partial charge in [0.15, 0.2) is 5.78 Å². The molecule has 1 N–H and O–H groups in total. The number of carbonyl (C=O) groups is 2. The third kappa shape index (κ3) is 4.00. The number of carbonyl (C=O) groups excluding carboxylic acids is 2. The van der Waals surface area contributed by atoms with E-state index in [2.05, 4.69) is 10.2 Å². The Hall–Kier alpha value is -1.10. The maximum Gasteiger partial charge on any atom is 0.318 e. The number of ketones is 1. The zero-order valence-corrected chi connectivity index (χ0v) is 11.2. The van der Waals surface area contributed by atoms with Crippen molar-refractivity contribution in [3.05, 3.63) is 0 Å². The highest BCUT2D eigenvalue weighted by atomic mass is 16.2. The summed E-state index contributed by atoms with van der Waals surface area (Å²) in [6, 6.07) is -0.526. The predicted molar refractivity (Wildman–Crippen MR) is 66.9 cm³/mol. The second-order valence-electron chi connectivity index (χ2n) is 5.02. The number of Topliss-reactive ketones (excluding diaryl/α,β-unsaturated/α-hetero) is 1. The zero-order chi connectivity index (χ0) is 13.0. The summed E-state index contributed by atoms with van der Waals surface area (Å²) in [5, 5.41) is 2.76. The van der Waals surface area contributed by atoms with Gasteiger partial charge in [0.1, 0.15) is 0 Å². The third-order valence-electron chi connectivity index (χ3n) is 3.13. The number of nitrogens with zero attached hydrogens (tertiary/aromatic N) is 2. The number of urea groups is 1. The van der Waals surface area contributed by atoms with Crippen LogP contribution in [0.25, 0.3) is 0 Å². The van der Waals surface area contributed by atoms with Crippen molar-refractivity contribution in [2.75, 3.05) is 33.2 Å². The van der Waals surface area contributed by atoms with Crippen LogP contribution in [0, 0.1) is 5.92 Å². The molecule has 5 nitrogen and oxygen atoms in total. The molecule has 0 bridgehead atoms. The van der Waals surface area contributed by atoms with Gasteiger partial charge in [-0.05, 0) is 14.0 Å². The maximum atomic E-state index is 11.9. The van der Waals surface area contributed by atoms with Crippen LogP contribution in [0.15, 0.2) is 0 Å². The fourth-order valence-electron chi connectivity index (χ4n) is 1.86. The summed E-state index contributed by atoms with van der Waals surface area (Å²) in [5.41, 5.74) is 0. The molecule has 0 aromatic carbocycles. The van der Waals surface area contributed by atoms with Gasteiger partial charge in [-0.3, -0.25) is 4.79 Å². The monoisotopic (exact) mass is 241 g/mol. The molecule has 1 aliphatic heterocycles. The topological polar surface area (TPSA) is 52.7 Å². The first kappa shape index (κ1) is 14.0. The first-order chi connectivity index (χ1) is 7.91. The number of hydrogen-bond acceptors (Lipinski definition) is 3. The van der Waals surface area contributed by atoms with E-state index in [1.165, 1.54) is 0 Å². The number of amides is 2. The van der Waals surface area contributed by atoms with E-state index in [4.69, 9.17) is 0 Å². The van der Waals surface area contributed by atoms with Gasteiger partial charge in [0.25, 0.3) is 0 Å². The summed E-state index contributed by atoms with van der Waals surface area (Å²) < 4.78 is 0. The number of piperazine rings is 1. The van der Waals surface area contributed by atoms with E-state index in [0.29, 0.717) is 0 Å². The molecule has 1 rings (SSSR count). The van der Waals surface area contributed by atoms with E-state index >= 15 is 0 Å². The Balaban J connectivity index is 2.41. The minimum absolute atomic E-state index is 0.0437. The second-order valence-corrected chi connectivity index (χ2v) is 5.02.